The second-order valence-corrected chi connectivity index (χ2v) is 5.42. The Labute approximate surface area is 94.2 Å². The van der Waals surface area contributed by atoms with E-state index in [0.29, 0.717) is 5.54 Å². The van der Waals surface area contributed by atoms with Crippen LogP contribution in [0.2, 0.25) is 0 Å². The molecular weight excluding hydrogens is 184 g/mol. The fraction of sp³-hybridized carbons (Fsp3) is 1.00. The molecule has 1 saturated heterocycles. The smallest absolute Gasteiger partial charge is 0.0178 e. The van der Waals surface area contributed by atoms with Crippen molar-refractivity contribution in [3.8, 4) is 0 Å². The minimum Gasteiger partial charge on any atom is -0.316 e. The monoisotopic (exact) mass is 210 g/mol. The molecule has 1 unspecified atom stereocenters. The Bertz CT molecular complexity index is 175. The molecular formula is C13H26N2. The predicted molar refractivity (Wildman–Crippen MR) is 65.1 cm³/mol. The summed E-state index contributed by atoms with van der Waals surface area (Å²) in [5.41, 5.74) is 0.544. The van der Waals surface area contributed by atoms with Crippen LogP contribution >= 0.6 is 0 Å². The first-order valence-electron chi connectivity index (χ1n) is 6.80. The van der Waals surface area contributed by atoms with E-state index in [0.717, 1.165) is 5.92 Å². The first kappa shape index (κ1) is 11.4. The molecule has 1 aliphatic heterocycles. The van der Waals surface area contributed by atoms with Crippen LogP contribution in [0.15, 0.2) is 0 Å². The van der Waals surface area contributed by atoms with E-state index in [-0.39, 0.29) is 0 Å². The Hall–Kier alpha value is -0.0800. The first-order chi connectivity index (χ1) is 7.35. The fourth-order valence-corrected chi connectivity index (χ4v) is 2.97. The average Bonchev–Trinajstić information content (AvgIpc) is 2.24. The van der Waals surface area contributed by atoms with Gasteiger partial charge in [0, 0.05) is 5.54 Å². The lowest BCUT2D eigenvalue weighted by Crippen LogP contribution is -2.51. The number of rotatable bonds is 5. The highest BCUT2D eigenvalue weighted by Crippen LogP contribution is 2.34. The zero-order valence-electron chi connectivity index (χ0n) is 10.1. The zero-order chi connectivity index (χ0) is 10.6. The Morgan fingerprint density at radius 3 is 2.73 bits per heavy atom. The van der Waals surface area contributed by atoms with E-state index in [1.807, 2.05) is 0 Å². The van der Waals surface area contributed by atoms with Gasteiger partial charge >= 0.3 is 0 Å². The van der Waals surface area contributed by atoms with E-state index in [2.05, 4.69) is 17.6 Å². The Morgan fingerprint density at radius 1 is 1.33 bits per heavy atom. The number of nitrogens with one attached hydrogen (secondary N) is 2. The maximum Gasteiger partial charge on any atom is 0.0178 e. The zero-order valence-corrected chi connectivity index (χ0v) is 10.1. The summed E-state index contributed by atoms with van der Waals surface area (Å²) in [7, 11) is 0. The van der Waals surface area contributed by atoms with Crippen molar-refractivity contribution in [1.82, 2.24) is 10.6 Å². The van der Waals surface area contributed by atoms with E-state index in [1.54, 1.807) is 0 Å². The van der Waals surface area contributed by atoms with E-state index in [4.69, 9.17) is 0 Å². The maximum atomic E-state index is 3.80. The van der Waals surface area contributed by atoms with Crippen molar-refractivity contribution in [3.63, 3.8) is 0 Å². The summed E-state index contributed by atoms with van der Waals surface area (Å²) >= 11 is 0. The lowest BCUT2D eigenvalue weighted by atomic mass is 9.74. The van der Waals surface area contributed by atoms with Gasteiger partial charge in [0.2, 0.25) is 0 Å². The van der Waals surface area contributed by atoms with E-state index < -0.39 is 0 Å². The normalized spacial score (nSPS) is 29.8. The second-order valence-electron chi connectivity index (χ2n) is 5.42. The third-order valence-electron chi connectivity index (χ3n) is 4.44. The van der Waals surface area contributed by atoms with Crippen molar-refractivity contribution < 1.29 is 0 Å². The van der Waals surface area contributed by atoms with Crippen molar-refractivity contribution >= 4 is 0 Å². The van der Waals surface area contributed by atoms with E-state index >= 15 is 0 Å². The van der Waals surface area contributed by atoms with Crippen molar-refractivity contribution in [2.75, 3.05) is 19.6 Å². The summed E-state index contributed by atoms with van der Waals surface area (Å²) in [6.45, 7) is 6.05. The standard InChI is InChI=1S/C13H26N2/c1-2-13(7-4-8-13)15-10-6-12-5-3-9-14-11-12/h12,14-15H,2-11H2,1H3. The van der Waals surface area contributed by atoms with Crippen molar-refractivity contribution in [1.29, 1.82) is 0 Å². The molecule has 2 N–H and O–H groups in total. The SMILES string of the molecule is CCC1(NCCC2CCCNC2)CCC1. The minimum atomic E-state index is 0.544. The highest BCUT2D eigenvalue weighted by Gasteiger charge is 2.34. The average molecular weight is 210 g/mol. The summed E-state index contributed by atoms with van der Waals surface area (Å²) < 4.78 is 0. The summed E-state index contributed by atoms with van der Waals surface area (Å²) in [4.78, 5) is 0. The molecule has 0 aromatic carbocycles. The third kappa shape index (κ3) is 2.94. The molecule has 2 rings (SSSR count). The summed E-state index contributed by atoms with van der Waals surface area (Å²) in [5.74, 6) is 0.931. The molecule has 15 heavy (non-hydrogen) atoms. The third-order valence-corrected chi connectivity index (χ3v) is 4.44. The van der Waals surface area contributed by atoms with Gasteiger partial charge < -0.3 is 10.6 Å². The molecule has 2 fully saturated rings. The Balaban J connectivity index is 1.61. The van der Waals surface area contributed by atoms with Gasteiger partial charge in [0.05, 0.1) is 0 Å². The van der Waals surface area contributed by atoms with Gasteiger partial charge in [-0.05, 0) is 70.5 Å². The van der Waals surface area contributed by atoms with Crippen LogP contribution in [-0.4, -0.2) is 25.2 Å². The molecule has 1 atom stereocenters. The Morgan fingerprint density at radius 2 is 2.20 bits per heavy atom. The second kappa shape index (κ2) is 5.31. The van der Waals surface area contributed by atoms with E-state index in [9.17, 15) is 0 Å². The highest BCUT2D eigenvalue weighted by atomic mass is 15.0. The topological polar surface area (TPSA) is 24.1 Å². The molecule has 0 radical (unpaired) electrons. The van der Waals surface area contributed by atoms with Crippen LogP contribution in [0, 0.1) is 5.92 Å². The van der Waals surface area contributed by atoms with Gasteiger partial charge in [-0.1, -0.05) is 6.92 Å². The predicted octanol–water partition coefficient (Wildman–Crippen LogP) is 2.30. The molecule has 88 valence electrons. The molecule has 1 saturated carbocycles. The molecule has 0 bridgehead atoms. The van der Waals surface area contributed by atoms with Crippen molar-refractivity contribution in [3.05, 3.63) is 0 Å². The highest BCUT2D eigenvalue weighted by molar-refractivity contribution is 4.94. The number of hydrogen-bond acceptors (Lipinski definition) is 2. The van der Waals surface area contributed by atoms with Crippen LogP contribution in [-0.2, 0) is 0 Å². The molecule has 1 heterocycles. The van der Waals surface area contributed by atoms with Crippen LogP contribution in [0.5, 0.6) is 0 Å². The summed E-state index contributed by atoms with van der Waals surface area (Å²) in [6, 6.07) is 0. The molecule has 2 aliphatic rings. The fourth-order valence-electron chi connectivity index (χ4n) is 2.97. The van der Waals surface area contributed by atoms with Gasteiger partial charge in [-0.15, -0.1) is 0 Å². The lowest BCUT2D eigenvalue weighted by molar-refractivity contribution is 0.172. The molecule has 0 aromatic rings. The van der Waals surface area contributed by atoms with Crippen LogP contribution in [0.4, 0.5) is 0 Å². The summed E-state index contributed by atoms with van der Waals surface area (Å²) in [5, 5.41) is 7.30. The van der Waals surface area contributed by atoms with Gasteiger partial charge in [-0.2, -0.15) is 0 Å². The van der Waals surface area contributed by atoms with Crippen molar-refractivity contribution in [2.45, 2.75) is 57.4 Å². The largest absolute Gasteiger partial charge is 0.316 e. The first-order valence-corrected chi connectivity index (χ1v) is 6.80. The molecule has 2 nitrogen and oxygen atoms in total. The maximum absolute atomic E-state index is 3.80. The van der Waals surface area contributed by atoms with Gasteiger partial charge in [0.15, 0.2) is 0 Å². The van der Waals surface area contributed by atoms with E-state index in [1.165, 1.54) is 64.6 Å². The minimum absolute atomic E-state index is 0.544. The Kier molecular flexibility index (Phi) is 4.04. The lowest BCUT2D eigenvalue weighted by Gasteiger charge is -2.42. The van der Waals surface area contributed by atoms with Crippen LogP contribution in [0.1, 0.15) is 51.9 Å². The van der Waals surface area contributed by atoms with Gasteiger partial charge in [-0.3, -0.25) is 0 Å². The van der Waals surface area contributed by atoms with Crippen LogP contribution in [0.3, 0.4) is 0 Å². The number of hydrogen-bond donors (Lipinski definition) is 2. The summed E-state index contributed by atoms with van der Waals surface area (Å²) in [6.07, 6.45) is 9.76. The van der Waals surface area contributed by atoms with Gasteiger partial charge in [0.1, 0.15) is 0 Å². The van der Waals surface area contributed by atoms with Gasteiger partial charge in [0.25, 0.3) is 0 Å². The molecule has 2 heteroatoms. The van der Waals surface area contributed by atoms with Crippen molar-refractivity contribution in [2.24, 2.45) is 5.92 Å². The number of piperidine rings is 1. The molecule has 0 spiro atoms. The van der Waals surface area contributed by atoms with Crippen LogP contribution in [0.25, 0.3) is 0 Å². The van der Waals surface area contributed by atoms with Crippen LogP contribution < -0.4 is 10.6 Å². The van der Waals surface area contributed by atoms with Gasteiger partial charge in [-0.25, -0.2) is 0 Å². The quantitative estimate of drug-likeness (QED) is 0.727. The molecule has 1 aliphatic carbocycles. The molecule has 0 amide bonds. The molecule has 0 aromatic heterocycles.